The summed E-state index contributed by atoms with van der Waals surface area (Å²) >= 11 is 5.97. The van der Waals surface area contributed by atoms with Crippen molar-refractivity contribution in [2.45, 2.75) is 25.9 Å². The predicted octanol–water partition coefficient (Wildman–Crippen LogP) is 2.09. The number of carboxylic acid groups (broad SMARTS) is 1. The van der Waals surface area contributed by atoms with Crippen molar-refractivity contribution in [3.63, 3.8) is 0 Å². The van der Waals surface area contributed by atoms with Gasteiger partial charge in [-0.3, -0.25) is 9.59 Å². The number of ether oxygens (including phenoxy) is 1. The van der Waals surface area contributed by atoms with Crippen molar-refractivity contribution in [3.05, 3.63) is 29.3 Å². The summed E-state index contributed by atoms with van der Waals surface area (Å²) in [6, 6.07) is 7.05. The van der Waals surface area contributed by atoms with Gasteiger partial charge in [-0.2, -0.15) is 0 Å². The lowest BCUT2D eigenvalue weighted by Crippen LogP contribution is -2.41. The molecule has 2 rings (SSSR count). The Morgan fingerprint density at radius 1 is 1.45 bits per heavy atom. The lowest BCUT2D eigenvalue weighted by Gasteiger charge is -2.17. The highest BCUT2D eigenvalue weighted by Gasteiger charge is 2.57. The van der Waals surface area contributed by atoms with Gasteiger partial charge in [-0.1, -0.05) is 23.7 Å². The second-order valence-electron chi connectivity index (χ2n) is 4.96. The van der Waals surface area contributed by atoms with Gasteiger partial charge in [0.25, 0.3) is 0 Å². The van der Waals surface area contributed by atoms with Crippen molar-refractivity contribution >= 4 is 23.5 Å². The fraction of sp³-hybridized carbons (Fsp3) is 0.429. The Morgan fingerprint density at radius 3 is 2.65 bits per heavy atom. The molecule has 2 N–H and O–H groups in total. The molecule has 1 aliphatic rings. The van der Waals surface area contributed by atoms with Crippen LogP contribution in [-0.2, 0) is 9.59 Å². The molecule has 0 bridgehead atoms. The third kappa shape index (κ3) is 3.04. The van der Waals surface area contributed by atoms with Crippen LogP contribution in [0, 0.1) is 5.41 Å². The van der Waals surface area contributed by atoms with Crippen LogP contribution in [0.5, 0.6) is 5.75 Å². The lowest BCUT2D eigenvalue weighted by molar-refractivity contribution is -0.149. The van der Waals surface area contributed by atoms with E-state index in [1.54, 1.807) is 31.2 Å². The minimum Gasteiger partial charge on any atom is -0.487 e. The molecule has 1 amide bonds. The summed E-state index contributed by atoms with van der Waals surface area (Å²) < 4.78 is 5.59. The second kappa shape index (κ2) is 5.71. The van der Waals surface area contributed by atoms with Crippen molar-refractivity contribution in [2.24, 2.45) is 5.41 Å². The molecule has 1 aromatic carbocycles. The largest absolute Gasteiger partial charge is 0.487 e. The molecule has 0 aliphatic heterocycles. The summed E-state index contributed by atoms with van der Waals surface area (Å²) in [4.78, 5) is 22.8. The smallest absolute Gasteiger partial charge is 0.319 e. The van der Waals surface area contributed by atoms with Gasteiger partial charge in [-0.15, -0.1) is 0 Å². The average molecular weight is 298 g/mol. The van der Waals surface area contributed by atoms with Crippen molar-refractivity contribution in [3.8, 4) is 5.75 Å². The molecule has 1 unspecified atom stereocenters. The highest BCUT2D eigenvalue weighted by molar-refractivity contribution is 6.32. The number of rotatable bonds is 6. The third-order valence-electron chi connectivity index (χ3n) is 3.31. The number of hydrogen-bond donors (Lipinski definition) is 2. The van der Waals surface area contributed by atoms with E-state index >= 15 is 0 Å². The first-order chi connectivity index (χ1) is 9.45. The summed E-state index contributed by atoms with van der Waals surface area (Å²) in [5.41, 5.74) is -1.22. The first-order valence-corrected chi connectivity index (χ1v) is 6.76. The van der Waals surface area contributed by atoms with Crippen molar-refractivity contribution in [2.75, 3.05) is 6.54 Å². The minimum absolute atomic E-state index is 0.235. The third-order valence-corrected chi connectivity index (χ3v) is 3.62. The summed E-state index contributed by atoms with van der Waals surface area (Å²) in [5, 5.41) is 12.1. The quantitative estimate of drug-likeness (QED) is 0.788. The molecule has 6 heteroatoms. The molecule has 108 valence electrons. The van der Waals surface area contributed by atoms with Gasteiger partial charge in [0, 0.05) is 0 Å². The Hall–Kier alpha value is -1.75. The average Bonchev–Trinajstić information content (AvgIpc) is 3.20. The molecule has 1 atom stereocenters. The zero-order valence-electron chi connectivity index (χ0n) is 11.1. The Morgan fingerprint density at radius 2 is 2.10 bits per heavy atom. The Balaban J connectivity index is 1.84. The highest BCUT2D eigenvalue weighted by atomic mass is 35.5. The van der Waals surface area contributed by atoms with Gasteiger partial charge >= 0.3 is 5.97 Å². The molecule has 0 aromatic heterocycles. The van der Waals surface area contributed by atoms with E-state index in [0.717, 1.165) is 0 Å². The molecule has 20 heavy (non-hydrogen) atoms. The molecule has 0 spiro atoms. The van der Waals surface area contributed by atoms with E-state index in [2.05, 4.69) is 5.32 Å². The van der Waals surface area contributed by atoms with E-state index in [4.69, 9.17) is 21.4 Å². The zero-order chi connectivity index (χ0) is 14.8. The van der Waals surface area contributed by atoms with Crippen LogP contribution >= 0.6 is 11.6 Å². The van der Waals surface area contributed by atoms with E-state index in [-0.39, 0.29) is 12.6 Å². The summed E-state index contributed by atoms with van der Waals surface area (Å²) in [5.74, 6) is -0.968. The van der Waals surface area contributed by atoms with E-state index in [1.165, 1.54) is 0 Å². The first kappa shape index (κ1) is 14.7. The second-order valence-corrected chi connectivity index (χ2v) is 5.36. The van der Waals surface area contributed by atoms with Gasteiger partial charge in [0.2, 0.25) is 5.91 Å². The number of aliphatic carboxylic acids is 1. The topological polar surface area (TPSA) is 75.6 Å². The van der Waals surface area contributed by atoms with Crippen LogP contribution in [0.25, 0.3) is 0 Å². The maximum atomic E-state index is 11.8. The van der Waals surface area contributed by atoms with Gasteiger partial charge < -0.3 is 15.2 Å². The molecule has 0 saturated heterocycles. The molecule has 1 aliphatic carbocycles. The number of halogens is 1. The fourth-order valence-electron chi connectivity index (χ4n) is 1.87. The molecule has 0 radical (unpaired) electrons. The standard InChI is InChI=1S/C14H16ClNO4/c1-9(20-11-5-3-2-4-10(11)15)8-16-12(17)14(6-7-14)13(18)19/h2-5,9H,6-8H2,1H3,(H,16,17)(H,18,19). The van der Waals surface area contributed by atoms with Crippen molar-refractivity contribution in [1.29, 1.82) is 0 Å². The zero-order valence-corrected chi connectivity index (χ0v) is 11.8. The monoisotopic (exact) mass is 297 g/mol. The van der Waals surface area contributed by atoms with Gasteiger partial charge in [-0.05, 0) is 31.9 Å². The summed E-state index contributed by atoms with van der Waals surface area (Å²) in [7, 11) is 0. The van der Waals surface area contributed by atoms with Gasteiger partial charge in [0.1, 0.15) is 17.3 Å². The number of carbonyl (C=O) groups is 2. The van der Waals surface area contributed by atoms with Crippen LogP contribution in [-0.4, -0.2) is 29.6 Å². The molecule has 0 heterocycles. The Kier molecular flexibility index (Phi) is 4.18. The van der Waals surface area contributed by atoms with Crippen LogP contribution in [0.4, 0.5) is 0 Å². The number of carboxylic acids is 1. The lowest BCUT2D eigenvalue weighted by atomic mass is 10.1. The predicted molar refractivity (Wildman–Crippen MR) is 73.9 cm³/mol. The van der Waals surface area contributed by atoms with Crippen LogP contribution in [0.2, 0.25) is 5.02 Å². The normalized spacial score (nSPS) is 17.1. The molecule has 5 nitrogen and oxygen atoms in total. The number of amides is 1. The van der Waals surface area contributed by atoms with E-state index < -0.39 is 17.3 Å². The van der Waals surface area contributed by atoms with Crippen LogP contribution in [0.15, 0.2) is 24.3 Å². The van der Waals surface area contributed by atoms with E-state index in [0.29, 0.717) is 23.6 Å². The van der Waals surface area contributed by atoms with Crippen LogP contribution in [0.3, 0.4) is 0 Å². The summed E-state index contributed by atoms with van der Waals surface area (Å²) in [6.07, 6.45) is 0.491. The highest BCUT2D eigenvalue weighted by Crippen LogP contribution is 2.46. The number of hydrogen-bond acceptors (Lipinski definition) is 3. The van der Waals surface area contributed by atoms with Crippen LogP contribution < -0.4 is 10.1 Å². The van der Waals surface area contributed by atoms with Crippen molar-refractivity contribution < 1.29 is 19.4 Å². The van der Waals surface area contributed by atoms with Crippen molar-refractivity contribution in [1.82, 2.24) is 5.32 Å². The molecule has 1 aromatic rings. The number of nitrogens with one attached hydrogen (secondary N) is 1. The fourth-order valence-corrected chi connectivity index (χ4v) is 2.05. The Bertz CT molecular complexity index is 528. The molecule has 1 fully saturated rings. The first-order valence-electron chi connectivity index (χ1n) is 6.38. The van der Waals surface area contributed by atoms with Gasteiger partial charge in [0.15, 0.2) is 0 Å². The van der Waals surface area contributed by atoms with Gasteiger partial charge in [-0.25, -0.2) is 0 Å². The maximum Gasteiger partial charge on any atom is 0.319 e. The molecular weight excluding hydrogens is 282 g/mol. The maximum absolute atomic E-state index is 11.8. The van der Waals surface area contributed by atoms with Gasteiger partial charge in [0.05, 0.1) is 11.6 Å². The molecular formula is C14H16ClNO4. The van der Waals surface area contributed by atoms with E-state index in [9.17, 15) is 9.59 Å². The molecule has 1 saturated carbocycles. The number of para-hydroxylation sites is 1. The minimum atomic E-state index is -1.22. The summed E-state index contributed by atoms with van der Waals surface area (Å²) in [6.45, 7) is 2.02. The number of benzene rings is 1. The number of carbonyl (C=O) groups excluding carboxylic acids is 1. The SMILES string of the molecule is CC(CNC(=O)C1(C(=O)O)CC1)Oc1ccccc1Cl. The Labute approximate surface area is 121 Å². The van der Waals surface area contributed by atoms with E-state index in [1.807, 2.05) is 0 Å². The van der Waals surface area contributed by atoms with Crippen LogP contribution in [0.1, 0.15) is 19.8 Å².